The number of nitrogens with zero attached hydrogens (tertiary/aromatic N) is 2. The maximum atomic E-state index is 5.41. The fourth-order valence-electron chi connectivity index (χ4n) is 2.05. The van der Waals surface area contributed by atoms with Crippen LogP contribution >= 0.6 is 11.8 Å². The third-order valence-corrected chi connectivity index (χ3v) is 4.16. The molecule has 1 aromatic rings. The largest absolute Gasteiger partial charge is 0.377 e. The highest BCUT2D eigenvalue weighted by molar-refractivity contribution is 7.99. The molecule has 1 aromatic heterocycles. The molecule has 106 valence electrons. The number of rotatable bonds is 6. The minimum absolute atomic E-state index is 0.379. The second-order valence-corrected chi connectivity index (χ2v) is 5.79. The maximum Gasteiger partial charge on any atom is 0.158 e. The molecule has 7 heteroatoms. The Bertz CT molecular complexity index is 398. The summed E-state index contributed by atoms with van der Waals surface area (Å²) >= 11 is 2.04. The fourth-order valence-corrected chi connectivity index (χ4v) is 3.26. The minimum Gasteiger partial charge on any atom is -0.377 e. The molecule has 0 aromatic carbocycles. The van der Waals surface area contributed by atoms with Crippen LogP contribution in [0.2, 0.25) is 0 Å². The number of anilines is 2. The van der Waals surface area contributed by atoms with Crippen LogP contribution in [0.3, 0.4) is 0 Å². The Labute approximate surface area is 117 Å². The van der Waals surface area contributed by atoms with Crippen LogP contribution in [0, 0.1) is 5.92 Å². The van der Waals surface area contributed by atoms with Crippen molar-refractivity contribution in [3.63, 3.8) is 0 Å². The molecule has 2 heterocycles. The third kappa shape index (κ3) is 4.52. The molecular weight excluding hydrogens is 262 g/mol. The summed E-state index contributed by atoms with van der Waals surface area (Å²) in [6.45, 7) is 1.33. The minimum atomic E-state index is 0.379. The van der Waals surface area contributed by atoms with E-state index >= 15 is 0 Å². The quantitative estimate of drug-likeness (QED) is 0.538. The Morgan fingerprint density at radius 3 is 2.79 bits per heavy atom. The number of hydrogen-bond acceptors (Lipinski definition) is 7. The number of thioether (sulfide) groups is 1. The van der Waals surface area contributed by atoms with Gasteiger partial charge in [0.25, 0.3) is 0 Å². The van der Waals surface area contributed by atoms with E-state index < -0.39 is 0 Å². The molecule has 1 saturated heterocycles. The zero-order valence-electron chi connectivity index (χ0n) is 11.2. The molecule has 1 aliphatic rings. The van der Waals surface area contributed by atoms with E-state index in [0.29, 0.717) is 18.2 Å². The monoisotopic (exact) mass is 283 g/mol. The second kappa shape index (κ2) is 7.52. The van der Waals surface area contributed by atoms with Crippen molar-refractivity contribution in [1.29, 1.82) is 0 Å². The molecule has 0 atom stereocenters. The van der Waals surface area contributed by atoms with Gasteiger partial charge in [-0.25, -0.2) is 15.8 Å². The summed E-state index contributed by atoms with van der Waals surface area (Å²) in [5.41, 5.74) is 2.55. The van der Waals surface area contributed by atoms with Gasteiger partial charge in [-0.3, -0.25) is 0 Å². The molecule has 0 radical (unpaired) electrons. The Morgan fingerprint density at radius 1 is 1.37 bits per heavy atom. The van der Waals surface area contributed by atoms with Gasteiger partial charge in [0.15, 0.2) is 5.82 Å². The van der Waals surface area contributed by atoms with Crippen molar-refractivity contribution in [3.8, 4) is 0 Å². The predicted molar refractivity (Wildman–Crippen MR) is 79.1 cm³/mol. The lowest BCUT2D eigenvalue weighted by molar-refractivity contribution is 0.178. The standard InChI is InChI=1S/C12H21N5OS/c1-18-8-12-15-10(6-11(16-12)17-13)14-7-9-2-4-19-5-3-9/h6,9H,2-5,7-8,13H2,1H3,(H2,14,15,16,17). The zero-order chi connectivity index (χ0) is 13.5. The number of hydrogen-bond donors (Lipinski definition) is 3. The number of methoxy groups -OCH3 is 1. The van der Waals surface area contributed by atoms with E-state index in [-0.39, 0.29) is 0 Å². The first-order valence-electron chi connectivity index (χ1n) is 6.47. The number of nitrogens with one attached hydrogen (secondary N) is 2. The molecule has 0 unspecified atom stereocenters. The smallest absolute Gasteiger partial charge is 0.158 e. The lowest BCUT2D eigenvalue weighted by Gasteiger charge is -2.21. The second-order valence-electron chi connectivity index (χ2n) is 4.57. The van der Waals surface area contributed by atoms with Crippen molar-refractivity contribution in [1.82, 2.24) is 9.97 Å². The fraction of sp³-hybridized carbons (Fsp3) is 0.667. The van der Waals surface area contributed by atoms with Crippen molar-refractivity contribution >= 4 is 23.4 Å². The van der Waals surface area contributed by atoms with E-state index in [4.69, 9.17) is 10.6 Å². The highest BCUT2D eigenvalue weighted by Crippen LogP contribution is 2.23. The first-order chi connectivity index (χ1) is 9.31. The van der Waals surface area contributed by atoms with Crippen molar-refractivity contribution in [2.24, 2.45) is 11.8 Å². The summed E-state index contributed by atoms with van der Waals surface area (Å²) in [5.74, 6) is 10.7. The van der Waals surface area contributed by atoms with Crippen molar-refractivity contribution < 1.29 is 4.74 Å². The Kier molecular flexibility index (Phi) is 5.68. The van der Waals surface area contributed by atoms with E-state index in [1.54, 1.807) is 7.11 Å². The summed E-state index contributed by atoms with van der Waals surface area (Å²) in [6, 6.07) is 1.82. The molecule has 2 rings (SSSR count). The normalized spacial score (nSPS) is 16.3. The summed E-state index contributed by atoms with van der Waals surface area (Å²) in [5, 5.41) is 3.38. The van der Waals surface area contributed by atoms with E-state index in [2.05, 4.69) is 20.7 Å². The van der Waals surface area contributed by atoms with Crippen LogP contribution in [0.4, 0.5) is 11.6 Å². The van der Waals surface area contributed by atoms with Crippen LogP contribution < -0.4 is 16.6 Å². The van der Waals surface area contributed by atoms with E-state index in [9.17, 15) is 0 Å². The summed E-state index contributed by atoms with van der Waals surface area (Å²) in [4.78, 5) is 8.63. The number of ether oxygens (including phenoxy) is 1. The van der Waals surface area contributed by atoms with Crippen LogP contribution in [0.15, 0.2) is 6.07 Å². The number of aromatic nitrogens is 2. The molecule has 1 aliphatic heterocycles. The Morgan fingerprint density at radius 2 is 2.11 bits per heavy atom. The SMILES string of the molecule is COCc1nc(NN)cc(NCC2CCSCC2)n1. The number of nitrogen functional groups attached to an aromatic ring is 1. The molecule has 0 saturated carbocycles. The van der Waals surface area contributed by atoms with Gasteiger partial charge in [0.05, 0.1) is 0 Å². The highest BCUT2D eigenvalue weighted by atomic mass is 32.2. The molecule has 0 bridgehead atoms. The molecule has 4 N–H and O–H groups in total. The van der Waals surface area contributed by atoms with Gasteiger partial charge in [0, 0.05) is 19.7 Å². The van der Waals surface area contributed by atoms with Gasteiger partial charge in [-0.15, -0.1) is 0 Å². The van der Waals surface area contributed by atoms with Gasteiger partial charge in [-0.1, -0.05) is 0 Å². The maximum absolute atomic E-state index is 5.41. The van der Waals surface area contributed by atoms with Gasteiger partial charge >= 0.3 is 0 Å². The zero-order valence-corrected chi connectivity index (χ0v) is 12.0. The Hall–Kier alpha value is -1.05. The molecule has 0 spiro atoms. The molecule has 1 fully saturated rings. The van der Waals surface area contributed by atoms with Gasteiger partial charge in [0.1, 0.15) is 18.2 Å². The summed E-state index contributed by atoms with van der Waals surface area (Å²) in [7, 11) is 1.62. The van der Waals surface area contributed by atoms with Gasteiger partial charge in [-0.05, 0) is 30.3 Å². The van der Waals surface area contributed by atoms with E-state index in [1.807, 2.05) is 17.8 Å². The lowest BCUT2D eigenvalue weighted by Crippen LogP contribution is -2.20. The topological polar surface area (TPSA) is 85.1 Å². The van der Waals surface area contributed by atoms with Gasteiger partial charge in [0.2, 0.25) is 0 Å². The van der Waals surface area contributed by atoms with Crippen LogP contribution in [0.5, 0.6) is 0 Å². The van der Waals surface area contributed by atoms with Crippen molar-refractivity contribution in [2.45, 2.75) is 19.4 Å². The average molecular weight is 283 g/mol. The van der Waals surface area contributed by atoms with Crippen LogP contribution in [0.25, 0.3) is 0 Å². The highest BCUT2D eigenvalue weighted by Gasteiger charge is 2.14. The molecule has 19 heavy (non-hydrogen) atoms. The van der Waals surface area contributed by atoms with E-state index in [1.165, 1.54) is 24.3 Å². The molecule has 6 nitrogen and oxygen atoms in total. The molecule has 0 aliphatic carbocycles. The van der Waals surface area contributed by atoms with Crippen LogP contribution in [-0.4, -0.2) is 35.1 Å². The molecular formula is C12H21N5OS. The number of hydrazine groups is 1. The predicted octanol–water partition coefficient (Wildman–Crippen LogP) is 1.46. The first-order valence-corrected chi connectivity index (χ1v) is 7.62. The van der Waals surface area contributed by atoms with Crippen molar-refractivity contribution in [2.75, 3.05) is 35.9 Å². The van der Waals surface area contributed by atoms with Crippen molar-refractivity contribution in [3.05, 3.63) is 11.9 Å². The van der Waals surface area contributed by atoms with Crippen LogP contribution in [-0.2, 0) is 11.3 Å². The first kappa shape index (κ1) is 14.4. The Balaban J connectivity index is 1.95. The van der Waals surface area contributed by atoms with Gasteiger partial charge < -0.3 is 15.5 Å². The summed E-state index contributed by atoms with van der Waals surface area (Å²) < 4.78 is 5.05. The molecule has 0 amide bonds. The van der Waals surface area contributed by atoms with Gasteiger partial charge in [-0.2, -0.15) is 11.8 Å². The summed E-state index contributed by atoms with van der Waals surface area (Å²) in [6.07, 6.45) is 2.55. The lowest BCUT2D eigenvalue weighted by atomic mass is 10.0. The third-order valence-electron chi connectivity index (χ3n) is 3.11. The average Bonchev–Trinajstić information content (AvgIpc) is 2.46. The van der Waals surface area contributed by atoms with E-state index in [0.717, 1.165) is 18.3 Å². The van der Waals surface area contributed by atoms with Crippen LogP contribution in [0.1, 0.15) is 18.7 Å². The number of nitrogens with two attached hydrogens (primary N) is 1.